The summed E-state index contributed by atoms with van der Waals surface area (Å²) in [6.07, 6.45) is 1.79. The fraction of sp³-hybridized carbons (Fsp3) is 0.455. The van der Waals surface area contributed by atoms with Crippen molar-refractivity contribution in [1.29, 1.82) is 0 Å². The van der Waals surface area contributed by atoms with E-state index in [9.17, 15) is 24.8 Å². The van der Waals surface area contributed by atoms with Crippen molar-refractivity contribution in [3.8, 4) is 0 Å². The fourth-order valence-corrected chi connectivity index (χ4v) is 6.91. The van der Waals surface area contributed by atoms with E-state index in [1.54, 1.807) is 12.1 Å². The van der Waals surface area contributed by atoms with Crippen molar-refractivity contribution in [2.45, 2.75) is 38.5 Å². The Bertz CT molecular complexity index is 993. The molecule has 0 aromatic heterocycles. The summed E-state index contributed by atoms with van der Waals surface area (Å²) in [5.41, 5.74) is 0.159. The number of unbranched alkanes of at least 4 members (excludes halogenated alkanes) is 2. The smallest absolute Gasteiger partial charge is 0.377 e. The first kappa shape index (κ1) is 29.7. The molecule has 0 fully saturated rings. The minimum atomic E-state index is -3.78. The Morgan fingerprint density at radius 3 is 1.61 bits per heavy atom. The lowest BCUT2D eigenvalue weighted by molar-refractivity contribution is -0.385. The summed E-state index contributed by atoms with van der Waals surface area (Å²) in [7, 11) is -1.92. The second-order valence-electron chi connectivity index (χ2n) is 7.76. The summed E-state index contributed by atoms with van der Waals surface area (Å²) < 4.78 is 41.1. The summed E-state index contributed by atoms with van der Waals surface area (Å²) in [5.74, 6) is 0. The number of hydrogen-bond acceptors (Lipinski definition) is 10. The van der Waals surface area contributed by atoms with Crippen LogP contribution in [-0.2, 0) is 40.1 Å². The molecule has 0 heterocycles. The van der Waals surface area contributed by atoms with Crippen molar-refractivity contribution < 1.29 is 36.7 Å². The van der Waals surface area contributed by atoms with Crippen LogP contribution in [0.3, 0.4) is 0 Å². The lowest BCUT2D eigenvalue weighted by Gasteiger charge is -2.24. The standard InChI is InChI=1S/C22H31N2O10PSi/c1-30-36(31-2,32-3)16-10-4-9-15-35(29,33-17-19-11-5-7-13-21(19)23(25)26)34-18-20-12-6-8-14-22(20)24(27)28/h5-8,11-14H,4,9-10,15-18H2,1-3H3. The van der Waals surface area contributed by atoms with E-state index in [0.29, 0.717) is 25.3 Å². The van der Waals surface area contributed by atoms with Gasteiger partial charge < -0.3 is 22.3 Å². The van der Waals surface area contributed by atoms with Gasteiger partial charge in [0.15, 0.2) is 0 Å². The Morgan fingerprint density at radius 1 is 0.750 bits per heavy atom. The molecule has 2 aromatic rings. The second-order valence-corrected chi connectivity index (χ2v) is 13.0. The van der Waals surface area contributed by atoms with Crippen LogP contribution in [0.1, 0.15) is 30.4 Å². The topological polar surface area (TPSA) is 150 Å². The summed E-state index contributed by atoms with van der Waals surface area (Å²) in [6, 6.07) is 12.5. The first-order chi connectivity index (χ1) is 17.2. The van der Waals surface area contributed by atoms with Gasteiger partial charge in [0, 0.05) is 39.5 Å². The van der Waals surface area contributed by atoms with Gasteiger partial charge in [-0.05, 0) is 25.0 Å². The molecule has 0 aliphatic heterocycles. The van der Waals surface area contributed by atoms with Crippen LogP contribution < -0.4 is 0 Å². The molecule has 0 unspecified atom stereocenters. The highest BCUT2D eigenvalue weighted by Gasteiger charge is 2.37. The monoisotopic (exact) mass is 542 g/mol. The van der Waals surface area contributed by atoms with Crippen LogP contribution in [0.4, 0.5) is 11.4 Å². The maximum Gasteiger partial charge on any atom is 0.500 e. The van der Waals surface area contributed by atoms with Crippen LogP contribution in [0.2, 0.25) is 6.04 Å². The molecule has 2 aromatic carbocycles. The van der Waals surface area contributed by atoms with Gasteiger partial charge in [0.1, 0.15) is 0 Å². The first-order valence-electron chi connectivity index (χ1n) is 11.2. The molecule has 0 saturated heterocycles. The van der Waals surface area contributed by atoms with Crippen LogP contribution in [-0.4, -0.2) is 46.1 Å². The molecule has 12 nitrogen and oxygen atoms in total. The third-order valence-corrected chi connectivity index (χ3v) is 10.3. The highest BCUT2D eigenvalue weighted by molar-refractivity contribution is 7.53. The van der Waals surface area contributed by atoms with E-state index < -0.39 is 26.2 Å². The number of nitrogens with zero attached hydrogens (tertiary/aromatic N) is 2. The zero-order chi connectivity index (χ0) is 26.6. The zero-order valence-corrected chi connectivity index (χ0v) is 22.4. The average Bonchev–Trinajstić information content (AvgIpc) is 2.89. The van der Waals surface area contributed by atoms with Gasteiger partial charge in [-0.25, -0.2) is 0 Å². The Morgan fingerprint density at radius 2 is 1.19 bits per heavy atom. The number of nitro benzene ring substituents is 2. The molecule has 198 valence electrons. The zero-order valence-electron chi connectivity index (χ0n) is 20.5. The molecule has 14 heteroatoms. The Hall–Kier alpha value is -2.51. The number of nitro groups is 2. The molecule has 0 bridgehead atoms. The molecular weight excluding hydrogens is 511 g/mol. The molecule has 0 amide bonds. The highest BCUT2D eigenvalue weighted by Crippen LogP contribution is 2.51. The van der Waals surface area contributed by atoms with E-state index in [1.165, 1.54) is 57.7 Å². The molecule has 0 spiro atoms. The average molecular weight is 543 g/mol. The lowest BCUT2D eigenvalue weighted by Crippen LogP contribution is -2.42. The maximum absolute atomic E-state index is 13.6. The van der Waals surface area contributed by atoms with E-state index in [1.807, 2.05) is 0 Å². The largest absolute Gasteiger partial charge is 0.500 e. The van der Waals surface area contributed by atoms with E-state index >= 15 is 0 Å². The molecule has 0 N–H and O–H groups in total. The fourth-order valence-electron chi connectivity index (χ4n) is 3.50. The molecule has 0 saturated carbocycles. The van der Waals surface area contributed by atoms with Crippen LogP contribution in [0.15, 0.2) is 48.5 Å². The van der Waals surface area contributed by atoms with Crippen molar-refractivity contribution in [3.05, 3.63) is 79.9 Å². The van der Waals surface area contributed by atoms with E-state index in [-0.39, 0.29) is 41.9 Å². The summed E-state index contributed by atoms with van der Waals surface area (Å²) in [4.78, 5) is 21.5. The molecular formula is C22H31N2O10PSi. The maximum atomic E-state index is 13.6. The van der Waals surface area contributed by atoms with E-state index in [4.69, 9.17) is 22.3 Å². The summed E-state index contributed by atoms with van der Waals surface area (Å²) >= 11 is 0. The SMILES string of the molecule is CO[Si](CCCCCP(=O)(OCc1ccccc1[N+](=O)[O-])OCc1ccccc1[N+](=O)[O-])(OC)OC. The van der Waals surface area contributed by atoms with E-state index in [2.05, 4.69) is 0 Å². The van der Waals surface area contributed by atoms with Crippen molar-refractivity contribution in [2.75, 3.05) is 27.5 Å². The predicted octanol–water partition coefficient (Wildman–Crippen LogP) is 5.48. The molecule has 36 heavy (non-hydrogen) atoms. The normalized spacial score (nSPS) is 12.0. The van der Waals surface area contributed by atoms with Gasteiger partial charge in [0.25, 0.3) is 11.4 Å². The van der Waals surface area contributed by atoms with Crippen LogP contribution in [0, 0.1) is 20.2 Å². The number of rotatable bonds is 17. The lowest BCUT2D eigenvalue weighted by atomic mass is 10.2. The third kappa shape index (κ3) is 8.56. The second kappa shape index (κ2) is 14.3. The number of para-hydroxylation sites is 2. The van der Waals surface area contributed by atoms with Gasteiger partial charge in [0.05, 0.1) is 40.3 Å². The Kier molecular flexibility index (Phi) is 11.8. The van der Waals surface area contributed by atoms with Crippen molar-refractivity contribution in [2.24, 2.45) is 0 Å². The van der Waals surface area contributed by atoms with Gasteiger partial charge in [-0.2, -0.15) is 0 Å². The Balaban J connectivity index is 2.10. The minimum Gasteiger partial charge on any atom is -0.377 e. The predicted molar refractivity (Wildman–Crippen MR) is 134 cm³/mol. The number of benzene rings is 2. The van der Waals surface area contributed by atoms with Crippen LogP contribution in [0.25, 0.3) is 0 Å². The van der Waals surface area contributed by atoms with Gasteiger partial charge in [-0.1, -0.05) is 30.7 Å². The third-order valence-electron chi connectivity index (χ3n) is 5.56. The van der Waals surface area contributed by atoms with Crippen molar-refractivity contribution >= 4 is 27.8 Å². The van der Waals surface area contributed by atoms with Gasteiger partial charge >= 0.3 is 16.4 Å². The quantitative estimate of drug-likeness (QED) is 0.0827. The summed E-state index contributed by atoms with van der Waals surface area (Å²) in [6.45, 7) is -0.614. The Labute approximate surface area is 210 Å². The van der Waals surface area contributed by atoms with Crippen molar-refractivity contribution in [1.82, 2.24) is 0 Å². The highest BCUT2D eigenvalue weighted by atomic mass is 31.2. The van der Waals surface area contributed by atoms with Crippen molar-refractivity contribution in [3.63, 3.8) is 0 Å². The molecule has 0 radical (unpaired) electrons. The van der Waals surface area contributed by atoms with E-state index in [0.717, 1.165) is 0 Å². The van der Waals surface area contributed by atoms with Gasteiger partial charge in [0.2, 0.25) is 0 Å². The molecule has 0 aliphatic carbocycles. The van der Waals surface area contributed by atoms with Gasteiger partial charge in [-0.3, -0.25) is 24.8 Å². The molecule has 0 aliphatic rings. The molecule has 0 atom stereocenters. The number of hydrogen-bond donors (Lipinski definition) is 0. The molecule has 2 rings (SSSR count). The minimum absolute atomic E-state index is 0.0236. The first-order valence-corrected chi connectivity index (χ1v) is 14.8. The van der Waals surface area contributed by atoms with Gasteiger partial charge in [-0.15, -0.1) is 0 Å². The van der Waals surface area contributed by atoms with Crippen LogP contribution >= 0.6 is 7.60 Å². The van der Waals surface area contributed by atoms with Crippen LogP contribution in [0.5, 0.6) is 0 Å². The summed E-state index contributed by atoms with van der Waals surface area (Å²) in [5, 5.41) is 22.6.